The van der Waals surface area contributed by atoms with Gasteiger partial charge < -0.3 is 19.1 Å². The van der Waals surface area contributed by atoms with Crippen molar-refractivity contribution in [2.45, 2.75) is 83.2 Å². The average molecular weight is 798 g/mol. The number of ether oxygens (including phenoxy) is 1. The molecule has 6 heterocycles. The Balaban J connectivity index is 1.04. The van der Waals surface area contributed by atoms with E-state index in [2.05, 4.69) is 69.0 Å². The molecule has 0 bridgehead atoms. The first-order valence-corrected chi connectivity index (χ1v) is 20.9. The Morgan fingerprint density at radius 3 is 2.29 bits per heavy atom. The van der Waals surface area contributed by atoms with Crippen LogP contribution in [0.1, 0.15) is 101 Å². The second-order valence-corrected chi connectivity index (χ2v) is 17.1. The van der Waals surface area contributed by atoms with Gasteiger partial charge >= 0.3 is 5.76 Å². The average Bonchev–Trinajstić information content (AvgIpc) is 3.53. The fraction of sp³-hybridized carbons (Fsp3) is 0.413. The first-order valence-electron chi connectivity index (χ1n) is 20.9. The lowest BCUT2D eigenvalue weighted by Crippen LogP contribution is -2.44. The maximum absolute atomic E-state index is 15.1. The molecule has 0 unspecified atom stereocenters. The summed E-state index contributed by atoms with van der Waals surface area (Å²) in [7, 11) is 0. The number of hydrogen-bond donors (Lipinski definition) is 1. The number of amides is 1. The molecule has 2 atom stereocenters. The van der Waals surface area contributed by atoms with Gasteiger partial charge in [0.15, 0.2) is 5.82 Å². The normalized spacial score (nSPS) is 21.3. The van der Waals surface area contributed by atoms with E-state index < -0.39 is 11.3 Å². The lowest BCUT2D eigenvalue weighted by Gasteiger charge is -2.36. The SMILES string of the molecule is Cc1cc(-n2c(N3CCC(c4ccccc4)CC3)nc3c(c2=O)CCN(C(=O)c2cc4cc(C5CCOCC5)ccc4n2[C@]2(c4noc(=O)[nH]4)C[C@H]2C)C3)cc(C)c1F. The van der Waals surface area contributed by atoms with Gasteiger partial charge in [0.1, 0.15) is 17.1 Å². The summed E-state index contributed by atoms with van der Waals surface area (Å²) in [5.74, 6) is 0.608. The number of benzene rings is 3. The molecule has 6 aromatic rings. The molecular weight excluding hydrogens is 750 g/mol. The number of anilines is 1. The molecular formula is C46H48FN7O5. The molecule has 2 saturated heterocycles. The number of hydrogen-bond acceptors (Lipinski definition) is 8. The van der Waals surface area contributed by atoms with Gasteiger partial charge in [-0.25, -0.2) is 18.7 Å². The van der Waals surface area contributed by atoms with Crippen molar-refractivity contribution in [2.75, 3.05) is 37.7 Å². The molecule has 3 aromatic carbocycles. The molecule has 12 nitrogen and oxygen atoms in total. The van der Waals surface area contributed by atoms with Crippen LogP contribution >= 0.6 is 0 Å². The van der Waals surface area contributed by atoms with E-state index in [0.717, 1.165) is 49.8 Å². The molecule has 59 heavy (non-hydrogen) atoms. The van der Waals surface area contributed by atoms with Crippen LogP contribution in [-0.2, 0) is 23.2 Å². The number of aromatic nitrogens is 5. The van der Waals surface area contributed by atoms with Crippen LogP contribution in [0.25, 0.3) is 16.6 Å². The lowest BCUT2D eigenvalue weighted by atomic mass is 9.89. The molecule has 304 valence electrons. The summed E-state index contributed by atoms with van der Waals surface area (Å²) in [6.07, 6.45) is 4.64. The van der Waals surface area contributed by atoms with E-state index >= 15 is 4.79 Å². The summed E-state index contributed by atoms with van der Waals surface area (Å²) in [4.78, 5) is 54.1. The number of aromatic amines is 1. The van der Waals surface area contributed by atoms with Crippen molar-refractivity contribution in [1.29, 1.82) is 0 Å². The van der Waals surface area contributed by atoms with E-state index in [9.17, 15) is 14.0 Å². The zero-order valence-electron chi connectivity index (χ0n) is 33.7. The summed E-state index contributed by atoms with van der Waals surface area (Å²) >= 11 is 0. The smallest absolute Gasteiger partial charge is 0.381 e. The maximum Gasteiger partial charge on any atom is 0.438 e. The Hall–Kier alpha value is -5.82. The van der Waals surface area contributed by atoms with E-state index in [0.29, 0.717) is 89.9 Å². The Labute approximate surface area is 340 Å². The number of piperidine rings is 1. The van der Waals surface area contributed by atoms with Gasteiger partial charge in [0.2, 0.25) is 5.95 Å². The first kappa shape index (κ1) is 37.5. The van der Waals surface area contributed by atoms with Gasteiger partial charge in [-0.2, -0.15) is 0 Å². The molecule has 3 aromatic heterocycles. The summed E-state index contributed by atoms with van der Waals surface area (Å²) in [6, 6.07) is 22.3. The van der Waals surface area contributed by atoms with Gasteiger partial charge in [-0.05, 0) is 123 Å². The van der Waals surface area contributed by atoms with E-state index in [1.54, 1.807) is 35.4 Å². The van der Waals surface area contributed by atoms with Crippen LogP contribution in [0.2, 0.25) is 0 Å². The van der Waals surface area contributed by atoms with Crippen molar-refractivity contribution in [3.05, 3.63) is 138 Å². The van der Waals surface area contributed by atoms with Crippen LogP contribution in [0.5, 0.6) is 0 Å². The standard InChI is InChI=1S/C46H48FN7O5/c1-27-21-35(22-28(2)40(27)47)53-41(55)36-13-18-52(26-37(36)48-44(53)51-16-11-31(12-17-51)30-7-5-4-6-8-30)42(56)39-24-34-23-33(32-14-19-58-20-15-32)9-10-38(34)54(39)46(25-29(46)3)43-49-45(57)59-50-43/h4-10,21-24,29,31-32H,11-20,25-26H2,1-3H3,(H,49,50,57)/t29-,46-/m1/s1. The summed E-state index contributed by atoms with van der Waals surface area (Å²) in [6.45, 7) is 8.80. The highest BCUT2D eigenvalue weighted by atomic mass is 19.1. The molecule has 3 aliphatic heterocycles. The number of H-pyrrole nitrogens is 1. The molecule has 4 aliphatic rings. The van der Waals surface area contributed by atoms with Gasteiger partial charge in [-0.15, -0.1) is 0 Å². The second-order valence-electron chi connectivity index (χ2n) is 17.1. The number of nitrogens with one attached hydrogen (secondary N) is 1. The summed E-state index contributed by atoms with van der Waals surface area (Å²) < 4.78 is 29.3. The van der Waals surface area contributed by atoms with E-state index in [1.807, 2.05) is 12.1 Å². The quantitative estimate of drug-likeness (QED) is 0.185. The molecule has 0 spiro atoms. The molecule has 1 aliphatic carbocycles. The molecule has 13 heteroatoms. The summed E-state index contributed by atoms with van der Waals surface area (Å²) in [5.41, 5.74) is 5.54. The first-order chi connectivity index (χ1) is 28.6. The number of fused-ring (bicyclic) bond motifs is 2. The number of carbonyl (C=O) groups is 1. The third-order valence-electron chi connectivity index (χ3n) is 13.5. The van der Waals surface area contributed by atoms with Gasteiger partial charge in [0.05, 0.1) is 17.9 Å². The Bertz CT molecular complexity index is 2700. The fourth-order valence-electron chi connectivity index (χ4n) is 10.1. The molecule has 0 radical (unpaired) electrons. The minimum atomic E-state index is -0.775. The van der Waals surface area contributed by atoms with Crippen LogP contribution in [0.3, 0.4) is 0 Å². The monoisotopic (exact) mass is 797 g/mol. The van der Waals surface area contributed by atoms with Crippen molar-refractivity contribution in [2.24, 2.45) is 5.92 Å². The lowest BCUT2D eigenvalue weighted by molar-refractivity contribution is 0.0717. The topological polar surface area (TPSA) is 131 Å². The predicted octanol–water partition coefficient (Wildman–Crippen LogP) is 6.88. The largest absolute Gasteiger partial charge is 0.438 e. The van der Waals surface area contributed by atoms with Crippen LogP contribution in [0.4, 0.5) is 10.3 Å². The van der Waals surface area contributed by atoms with Crippen molar-refractivity contribution in [3.63, 3.8) is 0 Å². The third-order valence-corrected chi connectivity index (χ3v) is 13.5. The molecule has 3 fully saturated rings. The van der Waals surface area contributed by atoms with Crippen molar-refractivity contribution < 1.29 is 18.4 Å². The third kappa shape index (κ3) is 6.32. The minimum Gasteiger partial charge on any atom is -0.381 e. The number of aryl methyl sites for hydroxylation is 2. The number of rotatable bonds is 7. The van der Waals surface area contributed by atoms with E-state index in [1.165, 1.54) is 11.1 Å². The van der Waals surface area contributed by atoms with Gasteiger partial charge in [0.25, 0.3) is 11.5 Å². The number of halogens is 1. The summed E-state index contributed by atoms with van der Waals surface area (Å²) in [5, 5.41) is 5.09. The molecule has 1 amide bonds. The van der Waals surface area contributed by atoms with E-state index in [4.69, 9.17) is 14.2 Å². The molecule has 1 N–H and O–H groups in total. The fourth-order valence-corrected chi connectivity index (χ4v) is 10.1. The second kappa shape index (κ2) is 14.5. The highest BCUT2D eigenvalue weighted by molar-refractivity contribution is 5.99. The van der Waals surface area contributed by atoms with Crippen molar-refractivity contribution in [3.8, 4) is 5.69 Å². The zero-order chi connectivity index (χ0) is 40.6. The maximum atomic E-state index is 15.1. The van der Waals surface area contributed by atoms with Crippen molar-refractivity contribution >= 4 is 22.8 Å². The van der Waals surface area contributed by atoms with Crippen LogP contribution in [0.15, 0.2) is 80.8 Å². The van der Waals surface area contributed by atoms with Crippen LogP contribution in [0, 0.1) is 25.6 Å². The Kier molecular flexibility index (Phi) is 9.19. The molecule has 10 rings (SSSR count). The Morgan fingerprint density at radius 2 is 1.61 bits per heavy atom. The Morgan fingerprint density at radius 1 is 0.898 bits per heavy atom. The van der Waals surface area contributed by atoms with E-state index in [-0.39, 0.29) is 29.7 Å². The van der Waals surface area contributed by atoms with Crippen LogP contribution < -0.4 is 16.2 Å². The highest BCUT2D eigenvalue weighted by Crippen LogP contribution is 2.56. The van der Waals surface area contributed by atoms with Gasteiger partial charge in [0, 0.05) is 49.3 Å². The molecule has 1 saturated carbocycles. The van der Waals surface area contributed by atoms with Crippen LogP contribution in [-0.4, -0.2) is 67.9 Å². The highest BCUT2D eigenvalue weighted by Gasteiger charge is 2.59. The van der Waals surface area contributed by atoms with Gasteiger partial charge in [-0.3, -0.25) is 19.1 Å². The minimum absolute atomic E-state index is 0.0649. The predicted molar refractivity (Wildman–Crippen MR) is 221 cm³/mol. The number of carbonyl (C=O) groups excluding carboxylic acids is 1. The zero-order valence-corrected chi connectivity index (χ0v) is 33.7. The number of nitrogens with zero attached hydrogens (tertiary/aromatic N) is 6. The van der Waals surface area contributed by atoms with Gasteiger partial charge in [-0.1, -0.05) is 48.5 Å². The van der Waals surface area contributed by atoms with Crippen molar-refractivity contribution in [1.82, 2.24) is 29.2 Å².